The topological polar surface area (TPSA) is 21.3 Å². The predicted molar refractivity (Wildman–Crippen MR) is 72.6 cm³/mol. The van der Waals surface area contributed by atoms with E-state index >= 15 is 0 Å². The summed E-state index contributed by atoms with van der Waals surface area (Å²) in [4.78, 5) is 0. The van der Waals surface area contributed by atoms with Gasteiger partial charge in [0, 0.05) is 24.4 Å². The van der Waals surface area contributed by atoms with Gasteiger partial charge < -0.3 is 10.1 Å². The predicted octanol–water partition coefficient (Wildman–Crippen LogP) is 2.95. The highest BCUT2D eigenvalue weighted by Gasteiger charge is 2.30. The number of ether oxygens (including phenoxy) is 1. The van der Waals surface area contributed by atoms with Crippen LogP contribution in [0.3, 0.4) is 0 Å². The van der Waals surface area contributed by atoms with Crippen molar-refractivity contribution in [2.24, 2.45) is 0 Å². The smallest absolute Gasteiger partial charge is 0.124 e. The minimum atomic E-state index is 0.0284. The molecule has 2 nitrogen and oxygen atoms in total. The molecule has 1 N–H and O–H groups in total. The van der Waals surface area contributed by atoms with Gasteiger partial charge >= 0.3 is 0 Å². The van der Waals surface area contributed by atoms with Crippen molar-refractivity contribution >= 4 is 11.8 Å². The summed E-state index contributed by atoms with van der Waals surface area (Å²) in [6.45, 7) is 4.19. The van der Waals surface area contributed by atoms with Crippen LogP contribution in [0.1, 0.15) is 30.9 Å². The lowest BCUT2D eigenvalue weighted by Crippen LogP contribution is -2.38. The van der Waals surface area contributed by atoms with Gasteiger partial charge in [-0.15, -0.1) is 0 Å². The third kappa shape index (κ3) is 2.31. The molecule has 1 atom stereocenters. The minimum Gasteiger partial charge on any atom is -0.486 e. The van der Waals surface area contributed by atoms with Crippen LogP contribution in [0.5, 0.6) is 5.75 Å². The Morgan fingerprint density at radius 1 is 1.35 bits per heavy atom. The number of fused-ring (bicyclic) bond motifs is 1. The second-order valence-electron chi connectivity index (χ2n) is 5.21. The quantitative estimate of drug-likeness (QED) is 0.870. The van der Waals surface area contributed by atoms with Gasteiger partial charge in [-0.2, -0.15) is 11.8 Å². The molecule has 92 valence electrons. The van der Waals surface area contributed by atoms with Crippen LogP contribution in [-0.2, 0) is 13.1 Å². The number of nitrogens with one attached hydrogen (secondary N) is 1. The fourth-order valence-corrected chi connectivity index (χ4v) is 3.78. The van der Waals surface area contributed by atoms with E-state index in [1.165, 1.54) is 29.7 Å². The molecule has 1 aromatic carbocycles. The van der Waals surface area contributed by atoms with E-state index in [2.05, 4.69) is 30.4 Å². The lowest BCUT2D eigenvalue weighted by atomic mass is 10.0. The maximum atomic E-state index is 6.32. The maximum absolute atomic E-state index is 6.32. The van der Waals surface area contributed by atoms with Crippen molar-refractivity contribution in [1.29, 1.82) is 0 Å². The van der Waals surface area contributed by atoms with E-state index in [0.29, 0.717) is 0 Å². The van der Waals surface area contributed by atoms with Gasteiger partial charge in [-0.05, 0) is 37.1 Å². The van der Waals surface area contributed by atoms with Crippen molar-refractivity contribution in [2.45, 2.75) is 38.5 Å². The fraction of sp³-hybridized carbons (Fsp3) is 0.571. The van der Waals surface area contributed by atoms with E-state index in [0.717, 1.165) is 24.6 Å². The number of hydrogen-bond donors (Lipinski definition) is 1. The molecule has 2 heterocycles. The highest BCUT2D eigenvalue weighted by Crippen LogP contribution is 2.34. The first-order chi connectivity index (χ1) is 8.27. The first kappa shape index (κ1) is 11.4. The van der Waals surface area contributed by atoms with Crippen LogP contribution in [0, 0.1) is 0 Å². The van der Waals surface area contributed by atoms with Gasteiger partial charge in [0.1, 0.15) is 11.4 Å². The number of thioether (sulfide) groups is 1. The second kappa shape index (κ2) is 4.54. The molecule has 0 aliphatic carbocycles. The van der Waals surface area contributed by atoms with Crippen LogP contribution >= 0.6 is 11.8 Å². The SMILES string of the molecule is CC1(Oc2cccc3c2CNC3)CCCSC1. The van der Waals surface area contributed by atoms with Crippen molar-refractivity contribution in [3.8, 4) is 5.75 Å². The standard InChI is InChI=1S/C14H19NOS/c1-14(6-3-7-17-10-14)16-13-5-2-4-11-8-15-9-12(11)13/h2,4-5,15H,3,6-10H2,1H3. The molecule has 0 radical (unpaired) electrons. The molecule has 1 saturated heterocycles. The summed E-state index contributed by atoms with van der Waals surface area (Å²) in [5, 5.41) is 3.39. The molecular formula is C14H19NOS. The third-order valence-electron chi connectivity index (χ3n) is 3.61. The van der Waals surface area contributed by atoms with Crippen LogP contribution in [-0.4, -0.2) is 17.1 Å². The van der Waals surface area contributed by atoms with Crippen molar-refractivity contribution in [2.75, 3.05) is 11.5 Å². The largest absolute Gasteiger partial charge is 0.486 e. The molecule has 2 aliphatic rings. The van der Waals surface area contributed by atoms with Crippen LogP contribution in [0.2, 0.25) is 0 Å². The molecule has 2 aliphatic heterocycles. The van der Waals surface area contributed by atoms with Crippen LogP contribution in [0.4, 0.5) is 0 Å². The maximum Gasteiger partial charge on any atom is 0.124 e. The summed E-state index contributed by atoms with van der Waals surface area (Å²) in [6, 6.07) is 6.43. The van der Waals surface area contributed by atoms with E-state index in [1.807, 2.05) is 11.8 Å². The number of benzene rings is 1. The zero-order valence-electron chi connectivity index (χ0n) is 10.3. The zero-order chi connectivity index (χ0) is 11.7. The molecular weight excluding hydrogens is 230 g/mol. The van der Waals surface area contributed by atoms with Crippen LogP contribution in [0.15, 0.2) is 18.2 Å². The highest BCUT2D eigenvalue weighted by atomic mass is 32.2. The lowest BCUT2D eigenvalue weighted by molar-refractivity contribution is 0.0996. The Hall–Kier alpha value is -0.670. The Balaban J connectivity index is 1.83. The first-order valence-electron chi connectivity index (χ1n) is 6.35. The Morgan fingerprint density at radius 3 is 3.12 bits per heavy atom. The van der Waals surface area contributed by atoms with E-state index in [-0.39, 0.29) is 5.60 Å². The Bertz CT molecular complexity index is 413. The van der Waals surface area contributed by atoms with Gasteiger partial charge in [0.05, 0.1) is 0 Å². The highest BCUT2D eigenvalue weighted by molar-refractivity contribution is 7.99. The molecule has 1 aromatic rings. The van der Waals surface area contributed by atoms with Gasteiger partial charge in [-0.1, -0.05) is 12.1 Å². The van der Waals surface area contributed by atoms with Crippen LogP contribution < -0.4 is 10.1 Å². The first-order valence-corrected chi connectivity index (χ1v) is 7.51. The molecule has 0 spiro atoms. The van der Waals surface area contributed by atoms with E-state index in [4.69, 9.17) is 4.74 Å². The lowest BCUT2D eigenvalue weighted by Gasteiger charge is -2.34. The van der Waals surface area contributed by atoms with E-state index < -0.39 is 0 Å². The van der Waals surface area contributed by atoms with Gasteiger partial charge in [0.15, 0.2) is 0 Å². The van der Waals surface area contributed by atoms with Crippen molar-refractivity contribution in [1.82, 2.24) is 5.32 Å². The zero-order valence-corrected chi connectivity index (χ0v) is 11.1. The summed E-state index contributed by atoms with van der Waals surface area (Å²) in [7, 11) is 0. The average molecular weight is 249 g/mol. The molecule has 17 heavy (non-hydrogen) atoms. The molecule has 0 saturated carbocycles. The molecule has 0 amide bonds. The molecule has 1 unspecified atom stereocenters. The van der Waals surface area contributed by atoms with Gasteiger partial charge in [-0.25, -0.2) is 0 Å². The summed E-state index contributed by atoms with van der Waals surface area (Å²) in [5.41, 5.74) is 2.79. The number of hydrogen-bond acceptors (Lipinski definition) is 3. The normalized spacial score (nSPS) is 27.8. The Labute approximate surface area is 107 Å². The van der Waals surface area contributed by atoms with Gasteiger partial charge in [-0.3, -0.25) is 0 Å². The summed E-state index contributed by atoms with van der Waals surface area (Å²) < 4.78 is 6.32. The fourth-order valence-electron chi connectivity index (χ4n) is 2.65. The summed E-state index contributed by atoms with van der Waals surface area (Å²) in [5.74, 6) is 3.50. The van der Waals surface area contributed by atoms with E-state index in [1.54, 1.807) is 0 Å². The van der Waals surface area contributed by atoms with Gasteiger partial charge in [0.25, 0.3) is 0 Å². The van der Waals surface area contributed by atoms with Crippen molar-refractivity contribution in [3.05, 3.63) is 29.3 Å². The third-order valence-corrected chi connectivity index (χ3v) is 5.00. The van der Waals surface area contributed by atoms with Crippen LogP contribution in [0.25, 0.3) is 0 Å². The average Bonchev–Trinajstić information content (AvgIpc) is 2.79. The summed E-state index contributed by atoms with van der Waals surface area (Å²) in [6.07, 6.45) is 2.45. The minimum absolute atomic E-state index is 0.0284. The molecule has 0 bridgehead atoms. The van der Waals surface area contributed by atoms with E-state index in [9.17, 15) is 0 Å². The second-order valence-corrected chi connectivity index (χ2v) is 6.31. The molecule has 0 aromatic heterocycles. The molecule has 3 heteroatoms. The van der Waals surface area contributed by atoms with Crippen molar-refractivity contribution < 1.29 is 4.74 Å². The summed E-state index contributed by atoms with van der Waals surface area (Å²) >= 11 is 2.01. The van der Waals surface area contributed by atoms with Crippen molar-refractivity contribution in [3.63, 3.8) is 0 Å². The Morgan fingerprint density at radius 2 is 2.29 bits per heavy atom. The Kier molecular flexibility index (Phi) is 3.05. The van der Waals surface area contributed by atoms with Gasteiger partial charge in [0.2, 0.25) is 0 Å². The molecule has 1 fully saturated rings. The molecule has 3 rings (SSSR count). The monoisotopic (exact) mass is 249 g/mol. The number of rotatable bonds is 2.